The van der Waals surface area contributed by atoms with Gasteiger partial charge in [-0.05, 0) is 162 Å². The summed E-state index contributed by atoms with van der Waals surface area (Å²) in [7, 11) is 0. The molecule has 0 radical (unpaired) electrons. The molecule has 0 fully saturated rings. The van der Waals surface area contributed by atoms with Crippen LogP contribution >= 0.6 is 0 Å². The first-order valence-electron chi connectivity index (χ1n) is 29.4. The smallest absolute Gasteiger partial charge is 0.137 e. The largest absolute Gasteiger partial charge is 0.321 e. The second-order valence-corrected chi connectivity index (χ2v) is 20.9. The van der Waals surface area contributed by atoms with Gasteiger partial charge in [-0.25, -0.2) is 4.98 Å². The average Bonchev–Trinajstić information content (AvgIpc) is 2.81. The Morgan fingerprint density at radius 3 is 1.72 bits per heavy atom. The molecule has 1 aliphatic rings. The monoisotopic (exact) mass is 935 g/mol. The Balaban J connectivity index is 1.17. The lowest BCUT2D eigenvalue weighted by atomic mass is 9.76. The Bertz CT molecular complexity index is 4140. The summed E-state index contributed by atoms with van der Waals surface area (Å²) < 4.78 is 92.8. The molecule has 0 saturated heterocycles. The number of hydrogen-bond donors (Lipinski definition) is 0. The van der Waals surface area contributed by atoms with Crippen LogP contribution in [0.25, 0.3) is 61.0 Å². The molecule has 2 aromatic heterocycles. The maximum atomic E-state index is 9.44. The van der Waals surface area contributed by atoms with Gasteiger partial charge in [0.05, 0.1) is 41.8 Å². The molecule has 11 rings (SSSR count). The number of hydrogen-bond acceptors (Lipinski definition) is 3. The lowest BCUT2D eigenvalue weighted by Gasteiger charge is -2.32. The van der Waals surface area contributed by atoms with Gasteiger partial charge >= 0.3 is 0 Å². The second kappa shape index (κ2) is 17.3. The highest BCUT2D eigenvalue weighted by atomic mass is 15.4. The summed E-state index contributed by atoms with van der Waals surface area (Å²) in [5, 5.41) is 2.25. The van der Waals surface area contributed by atoms with Crippen molar-refractivity contribution < 1.29 is 13.7 Å². The van der Waals surface area contributed by atoms with Crippen molar-refractivity contribution in [2.75, 3.05) is 16.5 Å². The third-order valence-corrected chi connectivity index (χ3v) is 15.0. The molecule has 4 nitrogen and oxygen atoms in total. The number of benzene rings is 8. The van der Waals surface area contributed by atoms with E-state index in [1.165, 1.54) is 5.56 Å². The summed E-state index contributed by atoms with van der Waals surface area (Å²) in [6, 6.07) is 33.9. The van der Waals surface area contributed by atoms with E-state index in [1.54, 1.807) is 0 Å². The van der Waals surface area contributed by atoms with Crippen molar-refractivity contribution in [1.82, 2.24) is 9.55 Å². The number of para-hydroxylation sites is 3. The summed E-state index contributed by atoms with van der Waals surface area (Å²) >= 11 is 0. The minimum Gasteiger partial charge on any atom is -0.321 e. The zero-order chi connectivity index (χ0) is 58.2. The van der Waals surface area contributed by atoms with Crippen molar-refractivity contribution in [2.24, 2.45) is 0 Å². The van der Waals surface area contributed by atoms with E-state index in [4.69, 9.17) is 13.2 Å². The van der Waals surface area contributed by atoms with Crippen LogP contribution in [0.3, 0.4) is 0 Å². The molecule has 8 aromatic carbocycles. The van der Waals surface area contributed by atoms with Gasteiger partial charge in [0.15, 0.2) is 0 Å². The predicted octanol–water partition coefficient (Wildman–Crippen LogP) is 17.9. The highest BCUT2D eigenvalue weighted by molar-refractivity contribution is 6.09. The normalized spacial score (nSPS) is 14.9. The topological polar surface area (TPSA) is 24.3 Å². The van der Waals surface area contributed by atoms with Gasteiger partial charge in [-0.1, -0.05) is 161 Å². The standard InChI is InChI=1S/C67H64N4/c1-42-34-43(2)62(44(3)35-42)50-36-53(67(10,11)52-30-31-56-55-26-18-19-27-57(55)71(60(56)39-52)61-40-51(32-33-68-61)66(7,8)9)38-54(37-50)69-41-70(59-29-21-20-28-58(59)69)65-63(48-22-14-12-15-23-48)46(5)45(4)47(6)64(65)49-24-16-13-17-25-49/h12-40H,41H2,1-11H3/i12D,13D,14D,15D,16D,17D,22D,23D,24D,25D. The molecule has 0 unspecified atom stereocenters. The summed E-state index contributed by atoms with van der Waals surface area (Å²) in [6.07, 6.45) is 1.90. The van der Waals surface area contributed by atoms with Crippen LogP contribution in [-0.4, -0.2) is 16.2 Å². The van der Waals surface area contributed by atoms with Gasteiger partial charge in [0.25, 0.3) is 0 Å². The fraction of sp³-hybridized carbons (Fsp3) is 0.209. The Labute approximate surface area is 435 Å². The van der Waals surface area contributed by atoms with E-state index in [2.05, 4.69) is 150 Å². The molecule has 0 amide bonds. The minimum absolute atomic E-state index is 0.0498. The molecule has 4 heteroatoms. The number of aromatic nitrogens is 2. The van der Waals surface area contributed by atoms with E-state index < -0.39 is 65.8 Å². The molecule has 0 aliphatic carbocycles. The number of nitrogens with zero attached hydrogens (tertiary/aromatic N) is 4. The van der Waals surface area contributed by atoms with E-state index in [9.17, 15) is 5.48 Å². The number of pyridine rings is 1. The van der Waals surface area contributed by atoms with Crippen LogP contribution in [0.15, 0.2) is 176 Å². The summed E-state index contributed by atoms with van der Waals surface area (Å²) in [6.45, 7) is 23.3. The first-order valence-corrected chi connectivity index (χ1v) is 24.4. The quantitative estimate of drug-likeness (QED) is 0.152. The Morgan fingerprint density at radius 2 is 1.08 bits per heavy atom. The van der Waals surface area contributed by atoms with Crippen molar-refractivity contribution in [1.29, 1.82) is 0 Å². The van der Waals surface area contributed by atoms with Crippen LogP contribution in [0.5, 0.6) is 0 Å². The maximum absolute atomic E-state index is 9.44. The summed E-state index contributed by atoms with van der Waals surface area (Å²) in [5.41, 5.74) is 15.4. The van der Waals surface area contributed by atoms with Gasteiger partial charge in [0.2, 0.25) is 0 Å². The van der Waals surface area contributed by atoms with Gasteiger partial charge in [-0.2, -0.15) is 0 Å². The zero-order valence-corrected chi connectivity index (χ0v) is 42.5. The van der Waals surface area contributed by atoms with E-state index in [0.29, 0.717) is 39.2 Å². The van der Waals surface area contributed by atoms with E-state index in [0.717, 1.165) is 77.9 Å². The van der Waals surface area contributed by atoms with Crippen LogP contribution in [0.4, 0.5) is 22.7 Å². The molecule has 0 N–H and O–H groups in total. The van der Waals surface area contributed by atoms with Crippen molar-refractivity contribution in [3.05, 3.63) is 226 Å². The van der Waals surface area contributed by atoms with Crippen molar-refractivity contribution in [3.63, 3.8) is 0 Å². The molecular weight excluding hydrogens is 861 g/mol. The summed E-state index contributed by atoms with van der Waals surface area (Å²) in [5.74, 6) is 0.846. The molecular formula is C67H64N4. The van der Waals surface area contributed by atoms with Gasteiger partial charge in [0.1, 0.15) is 12.5 Å². The molecule has 0 bridgehead atoms. The Morgan fingerprint density at radius 1 is 0.493 bits per heavy atom. The van der Waals surface area contributed by atoms with Crippen LogP contribution in [0, 0.1) is 41.5 Å². The van der Waals surface area contributed by atoms with Crippen molar-refractivity contribution in [2.45, 2.75) is 87.0 Å². The Hall–Kier alpha value is -7.69. The molecule has 1 aliphatic heterocycles. The van der Waals surface area contributed by atoms with Crippen molar-refractivity contribution in [3.8, 4) is 39.2 Å². The van der Waals surface area contributed by atoms with Gasteiger partial charge in [-0.15, -0.1) is 0 Å². The lowest BCUT2D eigenvalue weighted by Crippen LogP contribution is -2.26. The molecule has 10 aromatic rings. The highest BCUT2D eigenvalue weighted by Gasteiger charge is 2.35. The number of rotatable bonds is 8. The number of fused-ring (bicyclic) bond motifs is 4. The molecule has 0 atom stereocenters. The maximum Gasteiger partial charge on any atom is 0.137 e. The minimum atomic E-state index is -0.611. The lowest BCUT2D eigenvalue weighted by molar-refractivity contribution is 0.588. The van der Waals surface area contributed by atoms with Crippen LogP contribution in [-0.2, 0) is 10.8 Å². The fourth-order valence-electron chi connectivity index (χ4n) is 11.1. The third-order valence-electron chi connectivity index (χ3n) is 15.0. The first-order chi connectivity index (χ1) is 38.2. The van der Waals surface area contributed by atoms with E-state index in [-0.39, 0.29) is 23.2 Å². The van der Waals surface area contributed by atoms with Crippen LogP contribution in [0.1, 0.15) is 98.4 Å². The van der Waals surface area contributed by atoms with Gasteiger partial charge in [-0.3, -0.25) is 4.57 Å². The van der Waals surface area contributed by atoms with Crippen molar-refractivity contribution >= 4 is 44.6 Å². The predicted molar refractivity (Wildman–Crippen MR) is 303 cm³/mol. The van der Waals surface area contributed by atoms with Gasteiger partial charge < -0.3 is 9.80 Å². The zero-order valence-electron chi connectivity index (χ0n) is 52.5. The van der Waals surface area contributed by atoms with Crippen LogP contribution < -0.4 is 9.80 Å². The SMILES string of the molecule is [2H]c1c([2H])c([2H])c(-c2c(C)c(C)c(C)c(-c3c([2H])c([2H])c([2H])c([2H])c3[2H])c2N2CN(c3cc(-c4c(C)cc(C)cc4C)cc(C(C)(C)c4ccc5c6ccccc6n(-c6cc(C(C)(C)C)ccn6)c5c4)c3)c3ccccc32)c([2H])c1[2H]. The molecule has 71 heavy (non-hydrogen) atoms. The number of aryl methyl sites for hydroxylation is 3. The first kappa shape index (κ1) is 35.4. The number of anilines is 4. The van der Waals surface area contributed by atoms with Crippen LogP contribution in [0.2, 0.25) is 0 Å². The second-order valence-electron chi connectivity index (χ2n) is 20.9. The molecule has 3 heterocycles. The highest BCUT2D eigenvalue weighted by Crippen LogP contribution is 2.53. The Kier molecular flexibility index (Phi) is 8.64. The third kappa shape index (κ3) is 7.72. The van der Waals surface area contributed by atoms with Gasteiger partial charge in [0, 0.05) is 39.2 Å². The molecule has 0 saturated carbocycles. The molecule has 352 valence electrons. The summed E-state index contributed by atoms with van der Waals surface area (Å²) in [4.78, 5) is 9.22. The fourth-order valence-corrected chi connectivity index (χ4v) is 11.1. The molecule has 0 spiro atoms. The van der Waals surface area contributed by atoms with E-state index >= 15 is 0 Å². The van der Waals surface area contributed by atoms with E-state index in [1.807, 2.05) is 56.1 Å². The average molecular weight is 935 g/mol.